The van der Waals surface area contributed by atoms with Crippen molar-refractivity contribution in [3.63, 3.8) is 0 Å². The van der Waals surface area contributed by atoms with Crippen LogP contribution in [0.5, 0.6) is 5.75 Å². The first kappa shape index (κ1) is 15.5. The van der Waals surface area contributed by atoms with Crippen molar-refractivity contribution in [3.05, 3.63) is 71.0 Å². The minimum absolute atomic E-state index is 0.182. The largest absolute Gasteiger partial charge is 0.489 e. The zero-order chi connectivity index (χ0) is 16.1. The van der Waals surface area contributed by atoms with E-state index in [0.717, 1.165) is 21.0 Å². The van der Waals surface area contributed by atoms with E-state index in [4.69, 9.17) is 9.47 Å². The molecule has 0 N–H and O–H groups in total. The van der Waals surface area contributed by atoms with Crippen molar-refractivity contribution in [1.82, 2.24) is 4.98 Å². The van der Waals surface area contributed by atoms with Gasteiger partial charge in [0.25, 0.3) is 0 Å². The highest BCUT2D eigenvalue weighted by atomic mass is 79.9. The molecule has 3 aromatic rings. The lowest BCUT2D eigenvalue weighted by Crippen LogP contribution is -2.12. The third kappa shape index (κ3) is 3.68. The van der Waals surface area contributed by atoms with E-state index in [-0.39, 0.29) is 12.6 Å². The highest BCUT2D eigenvalue weighted by Crippen LogP contribution is 2.23. The van der Waals surface area contributed by atoms with E-state index in [0.29, 0.717) is 12.2 Å². The minimum atomic E-state index is -0.363. The predicted molar refractivity (Wildman–Crippen MR) is 91.7 cm³/mol. The van der Waals surface area contributed by atoms with Crippen LogP contribution in [0.1, 0.15) is 10.4 Å². The van der Waals surface area contributed by atoms with Gasteiger partial charge in [0.05, 0.1) is 10.0 Å². The molecule has 0 radical (unpaired) electrons. The van der Waals surface area contributed by atoms with Gasteiger partial charge in [0.1, 0.15) is 19.0 Å². The van der Waals surface area contributed by atoms with Gasteiger partial charge in [0, 0.05) is 17.8 Å². The van der Waals surface area contributed by atoms with Crippen LogP contribution in [-0.4, -0.2) is 24.2 Å². The average molecular weight is 372 g/mol. The van der Waals surface area contributed by atoms with E-state index in [1.54, 1.807) is 18.5 Å². The van der Waals surface area contributed by atoms with Gasteiger partial charge in [-0.25, -0.2) is 4.79 Å². The molecule has 0 amide bonds. The molecule has 0 saturated carbocycles. The molecule has 1 heterocycles. The molecule has 116 valence electrons. The maximum atomic E-state index is 12.2. The Morgan fingerprint density at radius 2 is 1.91 bits per heavy atom. The van der Waals surface area contributed by atoms with E-state index in [2.05, 4.69) is 20.9 Å². The van der Waals surface area contributed by atoms with E-state index in [1.807, 2.05) is 42.5 Å². The Bertz CT molecular complexity index is 830. The Hall–Kier alpha value is -2.40. The van der Waals surface area contributed by atoms with Gasteiger partial charge in [0.15, 0.2) is 0 Å². The molecule has 2 aromatic carbocycles. The Labute approximate surface area is 142 Å². The number of aromatic nitrogens is 1. The van der Waals surface area contributed by atoms with Crippen molar-refractivity contribution in [1.29, 1.82) is 0 Å². The van der Waals surface area contributed by atoms with Crippen LogP contribution < -0.4 is 4.74 Å². The summed E-state index contributed by atoms with van der Waals surface area (Å²) in [5.74, 6) is 0.359. The van der Waals surface area contributed by atoms with Crippen LogP contribution in [0.4, 0.5) is 0 Å². The van der Waals surface area contributed by atoms with Crippen molar-refractivity contribution in [2.75, 3.05) is 13.2 Å². The van der Waals surface area contributed by atoms with E-state index in [1.165, 1.54) is 0 Å². The lowest BCUT2D eigenvalue weighted by molar-refractivity contribution is 0.0452. The lowest BCUT2D eigenvalue weighted by Gasteiger charge is -2.09. The molecule has 23 heavy (non-hydrogen) atoms. The zero-order valence-electron chi connectivity index (χ0n) is 12.2. The summed E-state index contributed by atoms with van der Waals surface area (Å²) in [6.45, 7) is 0.475. The Balaban J connectivity index is 1.60. The zero-order valence-corrected chi connectivity index (χ0v) is 13.8. The standard InChI is InChI=1S/C18H14BrNO3/c19-16-6-1-2-7-17(16)22-10-11-23-18(21)15-5-3-4-13-12-20-9-8-14(13)15/h1-9,12H,10-11H2. The first-order valence-corrected chi connectivity index (χ1v) is 7.92. The highest BCUT2D eigenvalue weighted by molar-refractivity contribution is 9.10. The molecule has 5 heteroatoms. The third-order valence-electron chi connectivity index (χ3n) is 3.31. The number of carbonyl (C=O) groups excluding carboxylic acids is 1. The summed E-state index contributed by atoms with van der Waals surface area (Å²) < 4.78 is 11.7. The minimum Gasteiger partial charge on any atom is -0.489 e. The summed E-state index contributed by atoms with van der Waals surface area (Å²) in [6.07, 6.45) is 3.39. The van der Waals surface area contributed by atoms with Crippen LogP contribution in [-0.2, 0) is 4.74 Å². The van der Waals surface area contributed by atoms with E-state index >= 15 is 0 Å². The van der Waals surface area contributed by atoms with Gasteiger partial charge < -0.3 is 9.47 Å². The molecule has 0 saturated heterocycles. The van der Waals surface area contributed by atoms with Crippen molar-refractivity contribution in [3.8, 4) is 5.75 Å². The second kappa shape index (κ2) is 7.24. The average Bonchev–Trinajstić information content (AvgIpc) is 2.59. The van der Waals surface area contributed by atoms with Gasteiger partial charge in [-0.05, 0) is 45.6 Å². The molecular formula is C18H14BrNO3. The van der Waals surface area contributed by atoms with Gasteiger partial charge in [-0.3, -0.25) is 4.98 Å². The highest BCUT2D eigenvalue weighted by Gasteiger charge is 2.11. The second-order valence-electron chi connectivity index (χ2n) is 4.82. The first-order chi connectivity index (χ1) is 11.3. The molecule has 0 aliphatic carbocycles. The number of carbonyl (C=O) groups is 1. The summed E-state index contributed by atoms with van der Waals surface area (Å²) in [5, 5.41) is 1.74. The van der Waals surface area contributed by atoms with Crippen LogP contribution in [0.3, 0.4) is 0 Å². The summed E-state index contributed by atoms with van der Waals surface area (Å²) >= 11 is 3.40. The second-order valence-corrected chi connectivity index (χ2v) is 5.67. The maximum absolute atomic E-state index is 12.2. The Morgan fingerprint density at radius 3 is 2.78 bits per heavy atom. The van der Waals surface area contributed by atoms with Gasteiger partial charge in [0.2, 0.25) is 0 Å². The number of halogens is 1. The van der Waals surface area contributed by atoms with Crippen molar-refractivity contribution in [2.24, 2.45) is 0 Å². The van der Waals surface area contributed by atoms with Crippen molar-refractivity contribution >= 4 is 32.7 Å². The van der Waals surface area contributed by atoms with Crippen LogP contribution in [0.2, 0.25) is 0 Å². The molecule has 4 nitrogen and oxygen atoms in total. The number of nitrogens with zero attached hydrogens (tertiary/aromatic N) is 1. The number of hydrogen-bond acceptors (Lipinski definition) is 4. The summed E-state index contributed by atoms with van der Waals surface area (Å²) in [4.78, 5) is 16.3. The monoisotopic (exact) mass is 371 g/mol. The number of fused-ring (bicyclic) bond motifs is 1. The molecular weight excluding hydrogens is 358 g/mol. The summed E-state index contributed by atoms with van der Waals surface area (Å²) in [7, 11) is 0. The normalized spacial score (nSPS) is 10.5. The summed E-state index contributed by atoms with van der Waals surface area (Å²) in [5.41, 5.74) is 0.533. The molecule has 0 bridgehead atoms. The molecule has 0 spiro atoms. The molecule has 3 rings (SSSR count). The van der Waals surface area contributed by atoms with Gasteiger partial charge in [-0.1, -0.05) is 24.3 Å². The first-order valence-electron chi connectivity index (χ1n) is 7.13. The molecule has 0 aliphatic rings. The SMILES string of the molecule is O=C(OCCOc1ccccc1Br)c1cccc2cnccc12. The van der Waals surface area contributed by atoms with Crippen LogP contribution in [0.15, 0.2) is 65.4 Å². The Morgan fingerprint density at radius 1 is 1.04 bits per heavy atom. The smallest absolute Gasteiger partial charge is 0.338 e. The maximum Gasteiger partial charge on any atom is 0.338 e. The molecule has 1 aromatic heterocycles. The number of benzene rings is 2. The van der Waals surface area contributed by atoms with Gasteiger partial charge >= 0.3 is 5.97 Å². The fourth-order valence-electron chi connectivity index (χ4n) is 2.23. The van der Waals surface area contributed by atoms with Gasteiger partial charge in [-0.15, -0.1) is 0 Å². The molecule has 0 fully saturated rings. The third-order valence-corrected chi connectivity index (χ3v) is 3.97. The fourth-order valence-corrected chi connectivity index (χ4v) is 2.63. The van der Waals surface area contributed by atoms with E-state index in [9.17, 15) is 4.79 Å². The Kier molecular flexibility index (Phi) is 4.88. The number of para-hydroxylation sites is 1. The van der Waals surface area contributed by atoms with Crippen molar-refractivity contribution in [2.45, 2.75) is 0 Å². The fraction of sp³-hybridized carbons (Fsp3) is 0.111. The van der Waals surface area contributed by atoms with Gasteiger partial charge in [-0.2, -0.15) is 0 Å². The molecule has 0 atom stereocenters. The quantitative estimate of drug-likeness (QED) is 0.497. The van der Waals surface area contributed by atoms with Crippen molar-refractivity contribution < 1.29 is 14.3 Å². The number of pyridine rings is 1. The number of hydrogen-bond donors (Lipinski definition) is 0. The predicted octanol–water partition coefficient (Wildman–Crippen LogP) is 4.23. The number of esters is 1. The number of ether oxygens (including phenoxy) is 2. The molecule has 0 aliphatic heterocycles. The molecule has 0 unspecified atom stereocenters. The summed E-state index contributed by atoms with van der Waals surface area (Å²) in [6, 6.07) is 14.8. The van der Waals surface area contributed by atoms with Crippen LogP contribution in [0, 0.1) is 0 Å². The van der Waals surface area contributed by atoms with Crippen LogP contribution in [0.25, 0.3) is 10.8 Å². The number of rotatable bonds is 5. The lowest BCUT2D eigenvalue weighted by atomic mass is 10.1. The van der Waals surface area contributed by atoms with E-state index < -0.39 is 0 Å². The topological polar surface area (TPSA) is 48.4 Å². The van der Waals surface area contributed by atoms with Crippen LogP contribution >= 0.6 is 15.9 Å².